The van der Waals surface area contributed by atoms with Crippen molar-refractivity contribution in [1.82, 2.24) is 10.6 Å². The summed E-state index contributed by atoms with van der Waals surface area (Å²) in [6.45, 7) is 0. The topological polar surface area (TPSA) is 75.3 Å². The second kappa shape index (κ2) is 4.99. The number of imide groups is 1. The summed E-state index contributed by atoms with van der Waals surface area (Å²) in [5, 5.41) is 5.85. The summed E-state index contributed by atoms with van der Waals surface area (Å²) in [5.41, 5.74) is -0.591. The predicted molar refractivity (Wildman–Crippen MR) is 94.0 cm³/mol. The molecule has 3 aliphatic heterocycles. The number of carbonyl (C=O) groups is 3. The molecule has 3 aliphatic rings. The predicted octanol–water partition coefficient (Wildman–Crippen LogP) is 1.20. The Hall–Kier alpha value is -3.05. The first kappa shape index (κ1) is 15.2. The van der Waals surface area contributed by atoms with E-state index in [1.807, 2.05) is 60.7 Å². The average Bonchev–Trinajstić information content (AvgIpc) is 3.10. The highest BCUT2D eigenvalue weighted by Crippen LogP contribution is 2.58. The minimum atomic E-state index is -1.21. The molecule has 26 heavy (non-hydrogen) atoms. The molecule has 0 aliphatic carbocycles. The summed E-state index contributed by atoms with van der Waals surface area (Å²) >= 11 is 0. The molecule has 5 nitrogen and oxygen atoms in total. The van der Waals surface area contributed by atoms with Crippen LogP contribution in [0.2, 0.25) is 0 Å². The van der Waals surface area contributed by atoms with E-state index in [4.69, 9.17) is 0 Å². The molecule has 2 amide bonds. The highest BCUT2D eigenvalue weighted by Gasteiger charge is 2.75. The lowest BCUT2D eigenvalue weighted by atomic mass is 9.59. The SMILES string of the molecule is O=C1C=CC2(c3ccccc3)NC1C1C(=O)NC(=O)C12c1ccccc1. The Balaban J connectivity index is 1.90. The molecule has 2 bridgehead atoms. The van der Waals surface area contributed by atoms with Crippen LogP contribution in [0, 0.1) is 5.92 Å². The largest absolute Gasteiger partial charge is 0.295 e. The van der Waals surface area contributed by atoms with Gasteiger partial charge < -0.3 is 0 Å². The first-order valence-corrected chi connectivity index (χ1v) is 8.58. The average molecular weight is 344 g/mol. The standard InChI is InChI=1S/C21H16N2O3/c24-15-11-12-20(13-7-3-1-4-8-13)21(14-9-5-2-6-10-14)16(17(15)23-20)18(25)22-19(21)26/h1-12,16-17,23H,(H,22,25,26). The van der Waals surface area contributed by atoms with Gasteiger partial charge in [0.15, 0.2) is 5.78 Å². The number of rotatable bonds is 2. The van der Waals surface area contributed by atoms with E-state index in [-0.39, 0.29) is 11.7 Å². The molecule has 0 radical (unpaired) electrons. The van der Waals surface area contributed by atoms with Gasteiger partial charge in [-0.1, -0.05) is 66.7 Å². The highest BCUT2D eigenvalue weighted by atomic mass is 16.2. The van der Waals surface area contributed by atoms with Crippen molar-refractivity contribution >= 4 is 17.6 Å². The van der Waals surface area contributed by atoms with Crippen molar-refractivity contribution in [1.29, 1.82) is 0 Å². The monoisotopic (exact) mass is 344 g/mol. The van der Waals surface area contributed by atoms with E-state index in [1.165, 1.54) is 6.08 Å². The molecule has 2 N–H and O–H groups in total. The third-order valence-corrected chi connectivity index (χ3v) is 5.94. The second-order valence-electron chi connectivity index (χ2n) is 7.00. The third-order valence-electron chi connectivity index (χ3n) is 5.94. The van der Waals surface area contributed by atoms with Crippen LogP contribution >= 0.6 is 0 Å². The molecule has 0 spiro atoms. The van der Waals surface area contributed by atoms with Crippen LogP contribution in [0.25, 0.3) is 0 Å². The number of hydrogen-bond donors (Lipinski definition) is 2. The number of ketones is 1. The normalized spacial score (nSPS) is 34.7. The van der Waals surface area contributed by atoms with Crippen molar-refractivity contribution < 1.29 is 14.4 Å². The van der Waals surface area contributed by atoms with Gasteiger partial charge in [-0.05, 0) is 17.2 Å². The summed E-state index contributed by atoms with van der Waals surface area (Å²) in [5.74, 6) is -1.73. The van der Waals surface area contributed by atoms with Gasteiger partial charge in [0.25, 0.3) is 0 Å². The van der Waals surface area contributed by atoms with Gasteiger partial charge in [0, 0.05) is 0 Å². The maximum atomic E-state index is 13.3. The number of fused-ring (bicyclic) bond motifs is 5. The van der Waals surface area contributed by atoms with Crippen molar-refractivity contribution in [2.24, 2.45) is 5.92 Å². The summed E-state index contributed by atoms with van der Waals surface area (Å²) in [6.07, 6.45) is 3.27. The number of nitrogens with one attached hydrogen (secondary N) is 2. The fraction of sp³-hybridized carbons (Fsp3) is 0.190. The van der Waals surface area contributed by atoms with E-state index in [1.54, 1.807) is 6.08 Å². The van der Waals surface area contributed by atoms with Crippen LogP contribution in [0.5, 0.6) is 0 Å². The van der Waals surface area contributed by atoms with Crippen LogP contribution in [0.3, 0.4) is 0 Å². The van der Waals surface area contributed by atoms with E-state index >= 15 is 0 Å². The van der Waals surface area contributed by atoms with Crippen molar-refractivity contribution in [3.63, 3.8) is 0 Å². The minimum Gasteiger partial charge on any atom is -0.295 e. The quantitative estimate of drug-likeness (QED) is 0.803. The Bertz CT molecular complexity index is 969. The van der Waals surface area contributed by atoms with Crippen molar-refractivity contribution in [3.8, 4) is 0 Å². The van der Waals surface area contributed by atoms with Crippen molar-refractivity contribution in [2.75, 3.05) is 0 Å². The van der Waals surface area contributed by atoms with Gasteiger partial charge in [-0.15, -0.1) is 0 Å². The van der Waals surface area contributed by atoms with Gasteiger partial charge in [-0.25, -0.2) is 0 Å². The summed E-state index contributed by atoms with van der Waals surface area (Å²) in [4.78, 5) is 38.6. The van der Waals surface area contributed by atoms with Gasteiger partial charge in [-0.3, -0.25) is 25.0 Å². The van der Waals surface area contributed by atoms with Gasteiger partial charge >= 0.3 is 0 Å². The molecular weight excluding hydrogens is 328 g/mol. The molecular formula is C21H16N2O3. The van der Waals surface area contributed by atoms with Crippen molar-refractivity contribution in [3.05, 3.63) is 83.9 Å². The van der Waals surface area contributed by atoms with Crippen LogP contribution in [0.1, 0.15) is 11.1 Å². The zero-order valence-corrected chi connectivity index (χ0v) is 13.8. The van der Waals surface area contributed by atoms with E-state index < -0.39 is 28.8 Å². The Kier molecular flexibility index (Phi) is 2.92. The van der Waals surface area contributed by atoms with E-state index in [9.17, 15) is 14.4 Å². The second-order valence-corrected chi connectivity index (χ2v) is 7.00. The van der Waals surface area contributed by atoms with E-state index in [2.05, 4.69) is 10.6 Å². The van der Waals surface area contributed by atoms with Crippen molar-refractivity contribution in [2.45, 2.75) is 17.0 Å². The lowest BCUT2D eigenvalue weighted by molar-refractivity contribution is -0.129. The lowest BCUT2D eigenvalue weighted by Gasteiger charge is -2.42. The van der Waals surface area contributed by atoms with E-state index in [0.29, 0.717) is 0 Å². The summed E-state index contributed by atoms with van der Waals surface area (Å²) < 4.78 is 0. The lowest BCUT2D eigenvalue weighted by Crippen LogP contribution is -2.57. The number of hydrogen-bond acceptors (Lipinski definition) is 4. The first-order valence-electron chi connectivity index (χ1n) is 8.58. The van der Waals surface area contributed by atoms with Gasteiger partial charge in [-0.2, -0.15) is 0 Å². The molecule has 0 aromatic heterocycles. The molecule has 5 heteroatoms. The Morgan fingerprint density at radius 3 is 2.08 bits per heavy atom. The molecule has 2 aromatic rings. The Morgan fingerprint density at radius 2 is 1.42 bits per heavy atom. The van der Waals surface area contributed by atoms with Crippen LogP contribution in [0.4, 0.5) is 0 Å². The molecule has 0 saturated carbocycles. The number of amides is 2. The highest BCUT2D eigenvalue weighted by molar-refractivity contribution is 6.17. The molecule has 4 unspecified atom stereocenters. The van der Waals surface area contributed by atoms with E-state index in [0.717, 1.165) is 11.1 Å². The fourth-order valence-electron chi connectivity index (χ4n) is 4.97. The molecule has 2 aromatic carbocycles. The fourth-order valence-corrected chi connectivity index (χ4v) is 4.97. The van der Waals surface area contributed by atoms with Gasteiger partial charge in [0.1, 0.15) is 5.41 Å². The molecule has 2 fully saturated rings. The minimum absolute atomic E-state index is 0.177. The van der Waals surface area contributed by atoms with Crippen LogP contribution in [-0.2, 0) is 25.3 Å². The van der Waals surface area contributed by atoms with Crippen LogP contribution < -0.4 is 10.6 Å². The van der Waals surface area contributed by atoms with Crippen LogP contribution in [-0.4, -0.2) is 23.6 Å². The maximum Gasteiger partial charge on any atom is 0.240 e. The third kappa shape index (κ3) is 1.57. The van der Waals surface area contributed by atoms with Gasteiger partial charge in [0.2, 0.25) is 11.8 Å². The molecule has 2 saturated heterocycles. The maximum absolute atomic E-state index is 13.3. The molecule has 4 atom stereocenters. The molecule has 3 heterocycles. The van der Waals surface area contributed by atoms with Gasteiger partial charge in [0.05, 0.1) is 17.5 Å². The zero-order chi connectivity index (χ0) is 17.9. The smallest absolute Gasteiger partial charge is 0.240 e. The first-order chi connectivity index (χ1) is 12.6. The number of benzene rings is 2. The molecule has 128 valence electrons. The summed E-state index contributed by atoms with van der Waals surface area (Å²) in [7, 11) is 0. The zero-order valence-electron chi connectivity index (χ0n) is 13.8. The molecule has 5 rings (SSSR count). The Morgan fingerprint density at radius 1 is 0.808 bits per heavy atom. The number of carbonyl (C=O) groups excluding carboxylic acids is 3. The Labute approximate surface area is 150 Å². The van der Waals surface area contributed by atoms with Crippen LogP contribution in [0.15, 0.2) is 72.8 Å². The summed E-state index contributed by atoms with van der Waals surface area (Å²) in [6, 6.07) is 18.1.